The van der Waals surface area contributed by atoms with Crippen LogP contribution in [0.25, 0.3) is 0 Å². The number of rotatable bonds is 6. The molecule has 0 radical (unpaired) electrons. The number of hydrogen-bond donors (Lipinski definition) is 1. The molecule has 4 heteroatoms. The van der Waals surface area contributed by atoms with Crippen molar-refractivity contribution in [3.63, 3.8) is 0 Å². The highest BCUT2D eigenvalue weighted by Crippen LogP contribution is 2.26. The molecule has 1 unspecified atom stereocenters. The van der Waals surface area contributed by atoms with E-state index in [1.807, 2.05) is 11.3 Å². The summed E-state index contributed by atoms with van der Waals surface area (Å²) in [5.74, 6) is 1.59. The smallest absolute Gasteiger partial charge is 0.0339 e. The molecule has 1 aliphatic rings. The van der Waals surface area contributed by atoms with Crippen molar-refractivity contribution in [1.82, 2.24) is 10.2 Å². The normalized spacial score (nSPS) is 21.0. The van der Waals surface area contributed by atoms with Crippen LogP contribution in [-0.4, -0.2) is 31.1 Å². The van der Waals surface area contributed by atoms with Crippen LogP contribution < -0.4 is 5.32 Å². The maximum atomic E-state index is 3.62. The van der Waals surface area contributed by atoms with Crippen LogP contribution >= 0.6 is 27.3 Å². The molecule has 1 N–H and O–H groups in total. The molecule has 1 aliphatic heterocycles. The third-order valence-corrected chi connectivity index (χ3v) is 5.32. The van der Waals surface area contributed by atoms with Crippen molar-refractivity contribution in [2.24, 2.45) is 11.8 Å². The molecule has 2 heterocycles. The summed E-state index contributed by atoms with van der Waals surface area (Å²) in [6.45, 7) is 10.5. The summed E-state index contributed by atoms with van der Waals surface area (Å²) in [5, 5.41) is 5.75. The molecule has 1 atom stereocenters. The van der Waals surface area contributed by atoms with E-state index in [0.29, 0.717) is 0 Å². The summed E-state index contributed by atoms with van der Waals surface area (Å²) in [4.78, 5) is 4.05. The number of likely N-dealkylation sites (tertiary alicyclic amines) is 1. The van der Waals surface area contributed by atoms with Crippen LogP contribution in [0.2, 0.25) is 0 Å². The molecule has 1 fully saturated rings. The van der Waals surface area contributed by atoms with Crippen molar-refractivity contribution in [3.05, 3.63) is 20.8 Å². The van der Waals surface area contributed by atoms with Gasteiger partial charge >= 0.3 is 0 Å². The minimum atomic E-state index is 0.754. The summed E-state index contributed by atoms with van der Waals surface area (Å²) in [7, 11) is 0. The molecule has 0 saturated carbocycles. The molecule has 0 aromatic carbocycles. The summed E-state index contributed by atoms with van der Waals surface area (Å²) in [6.07, 6.45) is 1.34. The van der Waals surface area contributed by atoms with E-state index >= 15 is 0 Å². The lowest BCUT2D eigenvalue weighted by Crippen LogP contribution is -2.28. The predicted octanol–water partition coefficient (Wildman–Crippen LogP) is 3.58. The van der Waals surface area contributed by atoms with Gasteiger partial charge in [-0.25, -0.2) is 0 Å². The summed E-state index contributed by atoms with van der Waals surface area (Å²) < 4.78 is 1.27. The molecular weight excluding hydrogens is 308 g/mol. The largest absolute Gasteiger partial charge is 0.316 e. The van der Waals surface area contributed by atoms with Crippen LogP contribution in [0.1, 0.15) is 25.1 Å². The molecule has 1 aromatic heterocycles. The van der Waals surface area contributed by atoms with Crippen molar-refractivity contribution in [3.8, 4) is 0 Å². The van der Waals surface area contributed by atoms with Crippen LogP contribution in [0.4, 0.5) is 0 Å². The monoisotopic (exact) mass is 330 g/mol. The number of halogens is 1. The third-order valence-electron chi connectivity index (χ3n) is 3.41. The van der Waals surface area contributed by atoms with Gasteiger partial charge in [-0.2, -0.15) is 0 Å². The van der Waals surface area contributed by atoms with E-state index in [1.165, 1.54) is 35.4 Å². The maximum Gasteiger partial charge on any atom is 0.0339 e. The number of nitrogens with one attached hydrogen (secondary N) is 1. The van der Waals surface area contributed by atoms with Gasteiger partial charge in [0.1, 0.15) is 0 Å². The predicted molar refractivity (Wildman–Crippen MR) is 83.1 cm³/mol. The first-order valence-electron chi connectivity index (χ1n) is 6.80. The number of nitrogens with zero attached hydrogens (tertiary/aromatic N) is 1. The Balaban J connectivity index is 1.70. The van der Waals surface area contributed by atoms with Gasteiger partial charge in [-0.05, 0) is 65.3 Å². The standard InChI is InChI=1S/C14H23BrN2S/c1-11(2)7-16-8-12-3-5-17(9-12)10-14-13(15)4-6-18-14/h4,6,11-12,16H,3,5,7-10H2,1-2H3. The SMILES string of the molecule is CC(C)CNCC1CCN(Cc2sccc2Br)C1. The van der Waals surface area contributed by atoms with Crippen LogP contribution in [0.15, 0.2) is 15.9 Å². The van der Waals surface area contributed by atoms with Crippen molar-refractivity contribution >= 4 is 27.3 Å². The first-order valence-corrected chi connectivity index (χ1v) is 8.47. The maximum absolute atomic E-state index is 3.62. The van der Waals surface area contributed by atoms with Crippen molar-refractivity contribution in [2.75, 3.05) is 26.2 Å². The van der Waals surface area contributed by atoms with Crippen LogP contribution in [-0.2, 0) is 6.54 Å². The molecule has 2 rings (SSSR count). The second-order valence-corrected chi connectivity index (χ2v) is 7.49. The fraction of sp³-hybridized carbons (Fsp3) is 0.714. The summed E-state index contributed by atoms with van der Waals surface area (Å²) in [5.41, 5.74) is 0. The fourth-order valence-corrected chi connectivity index (χ4v) is 3.96. The topological polar surface area (TPSA) is 15.3 Å². The highest BCUT2D eigenvalue weighted by molar-refractivity contribution is 9.10. The first-order chi connectivity index (χ1) is 8.65. The molecule has 0 spiro atoms. The van der Waals surface area contributed by atoms with E-state index in [0.717, 1.165) is 24.9 Å². The van der Waals surface area contributed by atoms with Crippen LogP contribution in [0.3, 0.4) is 0 Å². The molecule has 0 amide bonds. The van der Waals surface area contributed by atoms with Gasteiger partial charge in [0.2, 0.25) is 0 Å². The van der Waals surface area contributed by atoms with E-state index in [2.05, 4.69) is 51.4 Å². The lowest BCUT2D eigenvalue weighted by molar-refractivity contribution is 0.315. The zero-order valence-corrected chi connectivity index (χ0v) is 13.7. The lowest BCUT2D eigenvalue weighted by atomic mass is 10.1. The number of hydrogen-bond acceptors (Lipinski definition) is 3. The first kappa shape index (κ1) is 14.5. The Kier molecular flexibility index (Phi) is 5.67. The van der Waals surface area contributed by atoms with Crippen LogP contribution in [0, 0.1) is 11.8 Å². The van der Waals surface area contributed by atoms with E-state index in [1.54, 1.807) is 0 Å². The van der Waals surface area contributed by atoms with Gasteiger partial charge in [0.25, 0.3) is 0 Å². The van der Waals surface area contributed by atoms with Crippen molar-refractivity contribution in [1.29, 1.82) is 0 Å². The zero-order valence-electron chi connectivity index (χ0n) is 11.3. The van der Waals surface area contributed by atoms with Gasteiger partial charge in [-0.3, -0.25) is 4.90 Å². The van der Waals surface area contributed by atoms with E-state index < -0.39 is 0 Å². The average Bonchev–Trinajstić information content (AvgIpc) is 2.90. The molecule has 1 aromatic rings. The molecule has 18 heavy (non-hydrogen) atoms. The Morgan fingerprint density at radius 3 is 3.06 bits per heavy atom. The molecular formula is C14H23BrN2S. The second kappa shape index (κ2) is 7.04. The number of thiophene rings is 1. The summed E-state index contributed by atoms with van der Waals surface area (Å²) >= 11 is 5.47. The summed E-state index contributed by atoms with van der Waals surface area (Å²) in [6, 6.07) is 2.15. The Hall–Kier alpha value is 0.100. The zero-order chi connectivity index (χ0) is 13.0. The van der Waals surface area contributed by atoms with Gasteiger partial charge in [0, 0.05) is 22.4 Å². The Labute approximate surface area is 123 Å². The fourth-order valence-electron chi connectivity index (χ4n) is 2.44. The highest BCUT2D eigenvalue weighted by Gasteiger charge is 2.22. The Morgan fingerprint density at radius 2 is 2.39 bits per heavy atom. The van der Waals surface area contributed by atoms with Crippen molar-refractivity contribution < 1.29 is 0 Å². The second-order valence-electron chi connectivity index (χ2n) is 5.63. The molecule has 1 saturated heterocycles. The quantitative estimate of drug-likeness (QED) is 0.857. The van der Waals surface area contributed by atoms with Gasteiger partial charge in [-0.1, -0.05) is 13.8 Å². The average molecular weight is 331 g/mol. The van der Waals surface area contributed by atoms with Gasteiger partial charge in [0.05, 0.1) is 0 Å². The Morgan fingerprint density at radius 1 is 1.56 bits per heavy atom. The molecule has 102 valence electrons. The van der Waals surface area contributed by atoms with Crippen molar-refractivity contribution in [2.45, 2.75) is 26.8 Å². The minimum absolute atomic E-state index is 0.754. The molecule has 0 bridgehead atoms. The van der Waals surface area contributed by atoms with Gasteiger partial charge < -0.3 is 5.32 Å². The minimum Gasteiger partial charge on any atom is -0.316 e. The third kappa shape index (κ3) is 4.34. The van der Waals surface area contributed by atoms with E-state index in [9.17, 15) is 0 Å². The van der Waals surface area contributed by atoms with E-state index in [-0.39, 0.29) is 0 Å². The Bertz CT molecular complexity index is 364. The van der Waals surface area contributed by atoms with Gasteiger partial charge in [-0.15, -0.1) is 11.3 Å². The molecule has 2 nitrogen and oxygen atoms in total. The molecule has 0 aliphatic carbocycles. The van der Waals surface area contributed by atoms with Crippen LogP contribution in [0.5, 0.6) is 0 Å². The lowest BCUT2D eigenvalue weighted by Gasteiger charge is -2.16. The van der Waals surface area contributed by atoms with Gasteiger partial charge in [0.15, 0.2) is 0 Å². The van der Waals surface area contributed by atoms with E-state index in [4.69, 9.17) is 0 Å². The highest BCUT2D eigenvalue weighted by atomic mass is 79.9.